The highest BCUT2D eigenvalue weighted by Crippen LogP contribution is 2.41. The maximum Gasteiger partial charge on any atom is 0.119 e. The van der Waals surface area contributed by atoms with E-state index in [4.69, 9.17) is 9.47 Å². The predicted octanol–water partition coefficient (Wildman–Crippen LogP) is 8.57. The van der Waals surface area contributed by atoms with Gasteiger partial charge in [-0.05, 0) is 68.0 Å². The third-order valence-corrected chi connectivity index (χ3v) is 6.42. The zero-order chi connectivity index (χ0) is 22.5. The molecule has 31 heavy (non-hydrogen) atoms. The van der Waals surface area contributed by atoms with Crippen molar-refractivity contribution in [1.82, 2.24) is 0 Å². The van der Waals surface area contributed by atoms with E-state index in [1.807, 2.05) is 13.8 Å². The average molecular weight is 425 g/mol. The summed E-state index contributed by atoms with van der Waals surface area (Å²) in [5.74, 6) is 2.73. The summed E-state index contributed by atoms with van der Waals surface area (Å²) in [7, 11) is 0. The van der Waals surface area contributed by atoms with Crippen LogP contribution in [0.15, 0.2) is 48.5 Å². The lowest BCUT2D eigenvalue weighted by molar-refractivity contribution is 0.339. The van der Waals surface area contributed by atoms with Gasteiger partial charge in [-0.15, -0.1) is 0 Å². The monoisotopic (exact) mass is 424 g/mol. The van der Waals surface area contributed by atoms with Crippen molar-refractivity contribution < 1.29 is 9.47 Å². The highest BCUT2D eigenvalue weighted by molar-refractivity contribution is 5.43. The molecule has 0 spiro atoms. The molecule has 2 heteroatoms. The number of hydrogen-bond donors (Lipinski definition) is 0. The van der Waals surface area contributed by atoms with Gasteiger partial charge in [0.15, 0.2) is 0 Å². The highest BCUT2D eigenvalue weighted by Gasteiger charge is 2.32. The standard InChI is InChI=1S/C29H44O2/c1-6-29(23-13-11-9-10-12-14-24(4)5,25-15-19-27(20-16-25)30-7-2)26-17-21-28(22-18-26)31-8-3/h15-22,24H,6-14,23H2,1-5H3. The van der Waals surface area contributed by atoms with Gasteiger partial charge in [-0.1, -0.05) is 83.6 Å². The van der Waals surface area contributed by atoms with Gasteiger partial charge in [0.05, 0.1) is 13.2 Å². The Bertz CT molecular complexity index is 666. The average Bonchev–Trinajstić information content (AvgIpc) is 2.78. The van der Waals surface area contributed by atoms with Crippen LogP contribution in [0.4, 0.5) is 0 Å². The lowest BCUT2D eigenvalue weighted by Gasteiger charge is -2.35. The molecule has 0 saturated carbocycles. The Morgan fingerprint density at radius 1 is 0.645 bits per heavy atom. The van der Waals surface area contributed by atoms with Gasteiger partial charge in [-0.2, -0.15) is 0 Å². The van der Waals surface area contributed by atoms with Crippen molar-refractivity contribution in [3.8, 4) is 11.5 Å². The van der Waals surface area contributed by atoms with E-state index >= 15 is 0 Å². The molecule has 0 fully saturated rings. The van der Waals surface area contributed by atoms with Crippen molar-refractivity contribution in [2.24, 2.45) is 5.92 Å². The van der Waals surface area contributed by atoms with Crippen molar-refractivity contribution in [3.05, 3.63) is 59.7 Å². The van der Waals surface area contributed by atoms with Crippen molar-refractivity contribution in [2.75, 3.05) is 13.2 Å². The Hall–Kier alpha value is -1.96. The van der Waals surface area contributed by atoms with E-state index in [9.17, 15) is 0 Å². The molecule has 0 N–H and O–H groups in total. The fourth-order valence-electron chi connectivity index (χ4n) is 4.62. The summed E-state index contributed by atoms with van der Waals surface area (Å²) >= 11 is 0. The molecule has 2 aromatic rings. The van der Waals surface area contributed by atoms with Gasteiger partial charge in [0.1, 0.15) is 11.5 Å². The summed E-state index contributed by atoms with van der Waals surface area (Å²) in [6.45, 7) is 12.4. The van der Waals surface area contributed by atoms with E-state index < -0.39 is 0 Å². The molecular weight excluding hydrogens is 380 g/mol. The molecule has 0 aliphatic heterocycles. The highest BCUT2D eigenvalue weighted by atomic mass is 16.5. The molecule has 0 amide bonds. The zero-order valence-electron chi connectivity index (χ0n) is 20.6. The smallest absolute Gasteiger partial charge is 0.119 e. The molecule has 0 atom stereocenters. The molecule has 0 aromatic heterocycles. The van der Waals surface area contributed by atoms with Crippen LogP contribution in [0, 0.1) is 5.92 Å². The molecule has 0 aliphatic rings. The fraction of sp³-hybridized carbons (Fsp3) is 0.586. The van der Waals surface area contributed by atoms with Crippen LogP contribution in [-0.2, 0) is 5.41 Å². The number of rotatable bonds is 15. The zero-order valence-corrected chi connectivity index (χ0v) is 20.6. The predicted molar refractivity (Wildman–Crippen MR) is 133 cm³/mol. The first-order chi connectivity index (χ1) is 15.1. The minimum Gasteiger partial charge on any atom is -0.494 e. The van der Waals surface area contributed by atoms with Crippen LogP contribution >= 0.6 is 0 Å². The van der Waals surface area contributed by atoms with Gasteiger partial charge < -0.3 is 9.47 Å². The van der Waals surface area contributed by atoms with Crippen LogP contribution in [-0.4, -0.2) is 13.2 Å². The van der Waals surface area contributed by atoms with E-state index in [2.05, 4.69) is 69.3 Å². The van der Waals surface area contributed by atoms with Gasteiger partial charge >= 0.3 is 0 Å². The molecule has 2 rings (SSSR count). The first-order valence-corrected chi connectivity index (χ1v) is 12.5. The lowest BCUT2D eigenvalue weighted by Crippen LogP contribution is -2.27. The first kappa shape index (κ1) is 25.3. The van der Waals surface area contributed by atoms with Gasteiger partial charge in [0.2, 0.25) is 0 Å². The van der Waals surface area contributed by atoms with E-state index in [1.165, 1.54) is 56.1 Å². The summed E-state index contributed by atoms with van der Waals surface area (Å²) in [4.78, 5) is 0. The molecular formula is C29H44O2. The summed E-state index contributed by atoms with van der Waals surface area (Å²) in [6, 6.07) is 17.6. The summed E-state index contributed by atoms with van der Waals surface area (Å²) in [6.07, 6.45) is 10.3. The normalized spacial score (nSPS) is 11.7. The van der Waals surface area contributed by atoms with Crippen LogP contribution in [0.25, 0.3) is 0 Å². The number of ether oxygens (including phenoxy) is 2. The summed E-state index contributed by atoms with van der Waals surface area (Å²) in [5, 5.41) is 0. The third-order valence-electron chi connectivity index (χ3n) is 6.42. The molecule has 2 aromatic carbocycles. The SMILES string of the molecule is CCOc1ccc(C(CC)(CCCCCCCC(C)C)c2ccc(OCC)cc2)cc1. The lowest BCUT2D eigenvalue weighted by atomic mass is 9.69. The molecule has 172 valence electrons. The van der Waals surface area contributed by atoms with Crippen molar-refractivity contribution >= 4 is 0 Å². The Kier molecular flexibility index (Phi) is 11.0. The van der Waals surface area contributed by atoms with Gasteiger partial charge in [-0.25, -0.2) is 0 Å². The molecule has 0 unspecified atom stereocenters. The van der Waals surface area contributed by atoms with Crippen LogP contribution in [0.1, 0.15) is 97.1 Å². The van der Waals surface area contributed by atoms with Crippen molar-refractivity contribution in [3.63, 3.8) is 0 Å². The molecule has 0 heterocycles. The number of benzene rings is 2. The quantitative estimate of drug-likeness (QED) is 0.267. The maximum absolute atomic E-state index is 5.69. The van der Waals surface area contributed by atoms with Gasteiger partial charge in [0, 0.05) is 5.41 Å². The fourth-order valence-corrected chi connectivity index (χ4v) is 4.62. The second-order valence-corrected chi connectivity index (χ2v) is 9.05. The van der Waals surface area contributed by atoms with Crippen molar-refractivity contribution in [2.45, 2.75) is 91.4 Å². The van der Waals surface area contributed by atoms with E-state index in [1.54, 1.807) is 0 Å². The summed E-state index contributed by atoms with van der Waals surface area (Å²) < 4.78 is 11.4. The van der Waals surface area contributed by atoms with Crippen molar-refractivity contribution in [1.29, 1.82) is 0 Å². The van der Waals surface area contributed by atoms with Crippen LogP contribution in [0.5, 0.6) is 11.5 Å². The number of hydrogen-bond acceptors (Lipinski definition) is 2. The van der Waals surface area contributed by atoms with E-state index in [0.29, 0.717) is 13.2 Å². The minimum absolute atomic E-state index is 0.0351. The molecule has 0 bridgehead atoms. The molecule has 2 nitrogen and oxygen atoms in total. The number of unbranched alkanes of at least 4 members (excludes halogenated alkanes) is 4. The second-order valence-electron chi connectivity index (χ2n) is 9.05. The molecule has 0 saturated heterocycles. The summed E-state index contributed by atoms with van der Waals surface area (Å²) in [5.41, 5.74) is 2.82. The Balaban J connectivity index is 2.17. The van der Waals surface area contributed by atoms with Gasteiger partial charge in [0.25, 0.3) is 0 Å². The third kappa shape index (κ3) is 7.59. The second kappa shape index (κ2) is 13.5. The van der Waals surface area contributed by atoms with Crippen LogP contribution in [0.2, 0.25) is 0 Å². The van der Waals surface area contributed by atoms with E-state index in [-0.39, 0.29) is 5.41 Å². The van der Waals surface area contributed by atoms with Gasteiger partial charge in [-0.3, -0.25) is 0 Å². The largest absolute Gasteiger partial charge is 0.494 e. The Labute approximate surface area is 191 Å². The maximum atomic E-state index is 5.69. The molecule has 0 radical (unpaired) electrons. The Morgan fingerprint density at radius 3 is 1.52 bits per heavy atom. The topological polar surface area (TPSA) is 18.5 Å². The molecule has 0 aliphatic carbocycles. The minimum atomic E-state index is 0.0351. The Morgan fingerprint density at radius 2 is 1.10 bits per heavy atom. The first-order valence-electron chi connectivity index (χ1n) is 12.5. The van der Waals surface area contributed by atoms with Crippen LogP contribution in [0.3, 0.4) is 0 Å². The van der Waals surface area contributed by atoms with E-state index in [0.717, 1.165) is 23.8 Å². The van der Waals surface area contributed by atoms with Crippen LogP contribution < -0.4 is 9.47 Å².